The quantitative estimate of drug-likeness (QED) is 0.630. The smallest absolute Gasteiger partial charge is 0.378 e. The first-order valence-electron chi connectivity index (χ1n) is 3.05. The fraction of sp³-hybridized carbons (Fsp3) is 0.286. The third-order valence-electron chi connectivity index (χ3n) is 1.32. The van der Waals surface area contributed by atoms with Gasteiger partial charge in [0.25, 0.3) is 0 Å². The summed E-state index contributed by atoms with van der Waals surface area (Å²) in [5, 5.41) is 8.99. The van der Waals surface area contributed by atoms with Crippen LogP contribution in [0.5, 0.6) is 5.75 Å². The molecule has 0 radical (unpaired) electrons. The van der Waals surface area contributed by atoms with E-state index in [9.17, 15) is 4.79 Å². The van der Waals surface area contributed by atoms with Gasteiger partial charge < -0.3 is 9.52 Å². The molecule has 0 aliphatic carbocycles. The first-order chi connectivity index (χ1) is 4.75. The lowest BCUT2D eigenvalue weighted by molar-refractivity contribution is 0.406. The molecular formula is C7H8O3. The van der Waals surface area contributed by atoms with Gasteiger partial charge in [0.2, 0.25) is 5.75 Å². The van der Waals surface area contributed by atoms with Crippen LogP contribution in [0, 0.1) is 0 Å². The van der Waals surface area contributed by atoms with Crippen molar-refractivity contribution in [3.8, 4) is 5.75 Å². The zero-order chi connectivity index (χ0) is 7.56. The second-order valence-corrected chi connectivity index (χ2v) is 1.94. The minimum absolute atomic E-state index is 0.273. The number of aryl methyl sites for hydroxylation is 1. The zero-order valence-corrected chi connectivity index (χ0v) is 5.63. The highest BCUT2D eigenvalue weighted by molar-refractivity contribution is 5.26. The third kappa shape index (κ3) is 1.03. The number of hydrogen-bond donors (Lipinski definition) is 1. The molecule has 0 saturated carbocycles. The Balaban J connectivity index is 3.28. The maximum absolute atomic E-state index is 10.6. The van der Waals surface area contributed by atoms with Crippen LogP contribution < -0.4 is 5.63 Å². The average Bonchev–Trinajstić information content (AvgIpc) is 1.95. The van der Waals surface area contributed by atoms with E-state index in [-0.39, 0.29) is 5.75 Å². The van der Waals surface area contributed by atoms with Gasteiger partial charge in [-0.3, -0.25) is 0 Å². The van der Waals surface area contributed by atoms with E-state index in [1.165, 1.54) is 6.26 Å². The molecule has 0 bridgehead atoms. The number of aromatic hydroxyl groups is 1. The average molecular weight is 140 g/mol. The van der Waals surface area contributed by atoms with Gasteiger partial charge in [-0.05, 0) is 12.5 Å². The summed E-state index contributed by atoms with van der Waals surface area (Å²) in [7, 11) is 0. The van der Waals surface area contributed by atoms with Gasteiger partial charge in [0.1, 0.15) is 0 Å². The predicted molar refractivity (Wildman–Crippen MR) is 36.0 cm³/mol. The Hall–Kier alpha value is -1.25. The zero-order valence-electron chi connectivity index (χ0n) is 5.63. The van der Waals surface area contributed by atoms with Crippen molar-refractivity contribution < 1.29 is 9.52 Å². The van der Waals surface area contributed by atoms with Crippen molar-refractivity contribution in [1.82, 2.24) is 0 Å². The van der Waals surface area contributed by atoms with Gasteiger partial charge in [-0.15, -0.1) is 0 Å². The molecule has 1 aromatic heterocycles. The molecule has 3 nitrogen and oxygen atoms in total. The molecule has 0 spiro atoms. The summed E-state index contributed by atoms with van der Waals surface area (Å²) >= 11 is 0. The van der Waals surface area contributed by atoms with Gasteiger partial charge in [-0.2, -0.15) is 0 Å². The Morgan fingerprint density at radius 2 is 2.40 bits per heavy atom. The molecule has 0 atom stereocenters. The summed E-state index contributed by atoms with van der Waals surface area (Å²) in [5.41, 5.74) is -0.0457. The summed E-state index contributed by atoms with van der Waals surface area (Å²) in [6, 6.07) is 1.58. The SMILES string of the molecule is CCc1ccoc(=O)c1O. The standard InChI is InChI=1S/C7H8O3/c1-2-5-3-4-10-7(9)6(5)8/h3-4,8H,2H2,1H3. The fourth-order valence-electron chi connectivity index (χ4n) is 0.729. The largest absolute Gasteiger partial charge is 0.502 e. The van der Waals surface area contributed by atoms with E-state index in [1.54, 1.807) is 6.07 Å². The molecule has 1 heterocycles. The second kappa shape index (κ2) is 2.56. The third-order valence-corrected chi connectivity index (χ3v) is 1.32. The highest BCUT2D eigenvalue weighted by Gasteiger charge is 2.02. The Kier molecular flexibility index (Phi) is 1.76. The van der Waals surface area contributed by atoms with Crippen LogP contribution in [0.3, 0.4) is 0 Å². The van der Waals surface area contributed by atoms with E-state index in [0.717, 1.165) is 0 Å². The molecule has 10 heavy (non-hydrogen) atoms. The lowest BCUT2D eigenvalue weighted by Gasteiger charge is -1.95. The van der Waals surface area contributed by atoms with Crippen LogP contribution in [0.25, 0.3) is 0 Å². The molecule has 0 amide bonds. The van der Waals surface area contributed by atoms with Gasteiger partial charge in [0.05, 0.1) is 6.26 Å². The number of rotatable bonds is 1. The molecule has 0 aliphatic heterocycles. The minimum atomic E-state index is -0.667. The summed E-state index contributed by atoms with van der Waals surface area (Å²) in [5.74, 6) is -0.273. The molecule has 54 valence electrons. The molecule has 1 rings (SSSR count). The van der Waals surface area contributed by atoms with Crippen LogP contribution >= 0.6 is 0 Å². The second-order valence-electron chi connectivity index (χ2n) is 1.94. The first kappa shape index (κ1) is 6.86. The molecular weight excluding hydrogens is 132 g/mol. The molecule has 0 unspecified atom stereocenters. The van der Waals surface area contributed by atoms with E-state index >= 15 is 0 Å². The van der Waals surface area contributed by atoms with Crippen molar-refractivity contribution in [2.24, 2.45) is 0 Å². The lowest BCUT2D eigenvalue weighted by Crippen LogP contribution is -1.99. The van der Waals surface area contributed by atoms with Crippen molar-refractivity contribution in [3.05, 3.63) is 28.3 Å². The Bertz CT molecular complexity index is 274. The number of hydrogen-bond acceptors (Lipinski definition) is 3. The van der Waals surface area contributed by atoms with Crippen LogP contribution in [-0.2, 0) is 6.42 Å². The molecule has 0 aliphatic rings. The summed E-state index contributed by atoms with van der Waals surface area (Å²) in [6.07, 6.45) is 1.92. The molecule has 0 saturated heterocycles. The Labute approximate surface area is 57.9 Å². The van der Waals surface area contributed by atoms with E-state index < -0.39 is 5.63 Å². The molecule has 0 fully saturated rings. The maximum atomic E-state index is 10.6. The van der Waals surface area contributed by atoms with E-state index in [4.69, 9.17) is 5.11 Å². The molecule has 1 aromatic rings. The van der Waals surface area contributed by atoms with E-state index in [1.807, 2.05) is 6.92 Å². The fourth-order valence-corrected chi connectivity index (χ4v) is 0.729. The monoisotopic (exact) mass is 140 g/mol. The van der Waals surface area contributed by atoms with Crippen molar-refractivity contribution in [3.63, 3.8) is 0 Å². The summed E-state index contributed by atoms with van der Waals surface area (Å²) < 4.78 is 4.39. The maximum Gasteiger partial charge on any atom is 0.378 e. The van der Waals surface area contributed by atoms with Crippen molar-refractivity contribution in [1.29, 1.82) is 0 Å². The summed E-state index contributed by atoms with van der Waals surface area (Å²) in [4.78, 5) is 10.6. The Morgan fingerprint density at radius 3 is 2.90 bits per heavy atom. The van der Waals surface area contributed by atoms with E-state index in [2.05, 4.69) is 4.42 Å². The van der Waals surface area contributed by atoms with Crippen LogP contribution in [0.2, 0.25) is 0 Å². The minimum Gasteiger partial charge on any atom is -0.502 e. The van der Waals surface area contributed by atoms with Gasteiger partial charge in [0.15, 0.2) is 0 Å². The predicted octanol–water partition coefficient (Wildman–Crippen LogP) is 0.908. The highest BCUT2D eigenvalue weighted by atomic mass is 16.4. The lowest BCUT2D eigenvalue weighted by atomic mass is 10.2. The highest BCUT2D eigenvalue weighted by Crippen LogP contribution is 2.09. The topological polar surface area (TPSA) is 50.4 Å². The van der Waals surface area contributed by atoms with Crippen molar-refractivity contribution in [2.75, 3.05) is 0 Å². The van der Waals surface area contributed by atoms with Crippen LogP contribution in [0.1, 0.15) is 12.5 Å². The van der Waals surface area contributed by atoms with E-state index in [0.29, 0.717) is 12.0 Å². The van der Waals surface area contributed by atoms with Crippen LogP contribution in [0.15, 0.2) is 21.5 Å². The van der Waals surface area contributed by atoms with Gasteiger partial charge >= 0.3 is 5.63 Å². The molecule has 3 heteroatoms. The molecule has 0 aromatic carbocycles. The normalized spacial score (nSPS) is 9.70. The van der Waals surface area contributed by atoms with Gasteiger partial charge in [0, 0.05) is 5.56 Å². The van der Waals surface area contributed by atoms with Crippen LogP contribution in [-0.4, -0.2) is 5.11 Å². The van der Waals surface area contributed by atoms with Crippen molar-refractivity contribution >= 4 is 0 Å². The van der Waals surface area contributed by atoms with Crippen molar-refractivity contribution in [2.45, 2.75) is 13.3 Å². The van der Waals surface area contributed by atoms with Crippen LogP contribution in [0.4, 0.5) is 0 Å². The van der Waals surface area contributed by atoms with Gasteiger partial charge in [-0.1, -0.05) is 6.92 Å². The first-order valence-corrected chi connectivity index (χ1v) is 3.05. The molecule has 1 N–H and O–H groups in total. The summed E-state index contributed by atoms with van der Waals surface area (Å²) in [6.45, 7) is 1.86. The Morgan fingerprint density at radius 1 is 1.70 bits per heavy atom. The van der Waals surface area contributed by atoms with Gasteiger partial charge in [-0.25, -0.2) is 4.79 Å².